The van der Waals surface area contributed by atoms with E-state index in [0.717, 1.165) is 18.8 Å². The van der Waals surface area contributed by atoms with Crippen molar-refractivity contribution in [2.45, 2.75) is 26.7 Å². The zero-order valence-corrected chi connectivity index (χ0v) is 16.0. The molecule has 0 N–H and O–H groups in total. The number of aryl methyl sites for hydroxylation is 2. The van der Waals surface area contributed by atoms with E-state index in [9.17, 15) is 0 Å². The van der Waals surface area contributed by atoms with Crippen molar-refractivity contribution < 1.29 is 0 Å². The Morgan fingerprint density at radius 1 is 1.08 bits per heavy atom. The number of benzene rings is 2. The van der Waals surface area contributed by atoms with Crippen molar-refractivity contribution in [1.29, 1.82) is 0 Å². The largest absolute Gasteiger partial charge is 0.370 e. The summed E-state index contributed by atoms with van der Waals surface area (Å²) in [4.78, 5) is 2.52. The molecule has 0 saturated carbocycles. The number of aromatic nitrogens is 2. The normalized spacial score (nSPS) is 15.6. The van der Waals surface area contributed by atoms with E-state index < -0.39 is 0 Å². The van der Waals surface area contributed by atoms with Crippen LogP contribution in [0.15, 0.2) is 54.6 Å². The van der Waals surface area contributed by atoms with E-state index in [1.165, 1.54) is 46.1 Å². The average molecular weight is 345 g/mol. The molecule has 0 aliphatic carbocycles. The first-order valence-corrected chi connectivity index (χ1v) is 9.48. The van der Waals surface area contributed by atoms with Gasteiger partial charge >= 0.3 is 0 Å². The number of hydrogen-bond donors (Lipinski definition) is 0. The summed E-state index contributed by atoms with van der Waals surface area (Å²) < 4.78 is 2.05. The molecule has 4 rings (SSSR count). The minimum Gasteiger partial charge on any atom is -0.370 e. The summed E-state index contributed by atoms with van der Waals surface area (Å²) in [7, 11) is 2.06. The zero-order chi connectivity index (χ0) is 18.3. The van der Waals surface area contributed by atoms with E-state index in [-0.39, 0.29) is 0 Å². The Hall–Kier alpha value is -2.55. The number of anilines is 1. The van der Waals surface area contributed by atoms with E-state index in [4.69, 9.17) is 5.10 Å². The summed E-state index contributed by atoms with van der Waals surface area (Å²) in [6.07, 6.45) is 2.38. The number of rotatable bonds is 3. The number of allylic oxidation sites excluding steroid dienone is 1. The lowest BCUT2D eigenvalue weighted by atomic mass is 9.90. The van der Waals surface area contributed by atoms with Crippen LogP contribution < -0.4 is 4.90 Å². The van der Waals surface area contributed by atoms with Crippen molar-refractivity contribution in [2.75, 3.05) is 18.0 Å². The molecule has 0 radical (unpaired) electrons. The Morgan fingerprint density at radius 3 is 2.50 bits per heavy atom. The van der Waals surface area contributed by atoms with E-state index in [2.05, 4.69) is 79.5 Å². The Kier molecular flexibility index (Phi) is 4.31. The third-order valence-corrected chi connectivity index (χ3v) is 5.78. The van der Waals surface area contributed by atoms with Crippen LogP contribution in [-0.2, 0) is 7.05 Å². The highest BCUT2D eigenvalue weighted by molar-refractivity contribution is 6.00. The fourth-order valence-electron chi connectivity index (χ4n) is 4.22. The molecule has 3 aromatic rings. The molecule has 1 fully saturated rings. The number of hydrogen-bond acceptors (Lipinski definition) is 2. The molecular formula is C23H27N3. The summed E-state index contributed by atoms with van der Waals surface area (Å²) in [5.74, 6) is 0.666. The van der Waals surface area contributed by atoms with Gasteiger partial charge in [-0.25, -0.2) is 0 Å². The fourth-order valence-corrected chi connectivity index (χ4v) is 4.22. The molecule has 3 nitrogen and oxygen atoms in total. The van der Waals surface area contributed by atoms with Crippen LogP contribution in [0.2, 0.25) is 0 Å². The van der Waals surface area contributed by atoms with Gasteiger partial charge in [0.05, 0.1) is 11.2 Å². The predicted octanol–water partition coefficient (Wildman–Crippen LogP) is 5.34. The Bertz CT molecular complexity index is 959. The van der Waals surface area contributed by atoms with Gasteiger partial charge in [0.1, 0.15) is 5.69 Å². The van der Waals surface area contributed by atoms with Crippen LogP contribution in [0.25, 0.3) is 22.2 Å². The minimum atomic E-state index is 0.666. The Morgan fingerprint density at radius 2 is 1.81 bits per heavy atom. The zero-order valence-electron chi connectivity index (χ0n) is 16.0. The van der Waals surface area contributed by atoms with Gasteiger partial charge in [0.15, 0.2) is 0 Å². The quantitative estimate of drug-likeness (QED) is 0.597. The molecule has 1 aromatic heterocycles. The molecule has 1 aliphatic heterocycles. The maximum atomic E-state index is 4.90. The standard InChI is InChI=1S/C23H27N3/c1-16(2)18-12-14-26(15-13-18)21-11-7-10-20-22(24-25(4)23(20)21)19-9-6-5-8-17(19)3/h5-11,18H,1,12-15H2,2-4H3. The van der Waals surface area contributed by atoms with Crippen molar-refractivity contribution in [1.82, 2.24) is 9.78 Å². The molecule has 1 aliphatic rings. The molecule has 0 bridgehead atoms. The van der Waals surface area contributed by atoms with Gasteiger partial charge in [-0.2, -0.15) is 5.10 Å². The summed E-state index contributed by atoms with van der Waals surface area (Å²) in [5, 5.41) is 6.13. The van der Waals surface area contributed by atoms with Crippen molar-refractivity contribution >= 4 is 16.6 Å². The first-order valence-electron chi connectivity index (χ1n) is 9.48. The van der Waals surface area contributed by atoms with Gasteiger partial charge in [0.25, 0.3) is 0 Å². The predicted molar refractivity (Wildman–Crippen MR) is 111 cm³/mol. The summed E-state index contributed by atoms with van der Waals surface area (Å²) in [5.41, 5.74) is 7.43. The van der Waals surface area contributed by atoms with E-state index in [1.54, 1.807) is 0 Å². The van der Waals surface area contributed by atoms with Crippen molar-refractivity contribution in [2.24, 2.45) is 13.0 Å². The second kappa shape index (κ2) is 6.64. The molecule has 0 unspecified atom stereocenters. The van der Waals surface area contributed by atoms with Gasteiger partial charge in [0.2, 0.25) is 0 Å². The highest BCUT2D eigenvalue weighted by Gasteiger charge is 2.23. The topological polar surface area (TPSA) is 21.1 Å². The maximum Gasteiger partial charge on any atom is 0.100 e. The third kappa shape index (κ3) is 2.82. The van der Waals surface area contributed by atoms with E-state index >= 15 is 0 Å². The molecule has 0 atom stereocenters. The molecule has 1 saturated heterocycles. The number of piperidine rings is 1. The molecule has 0 amide bonds. The van der Waals surface area contributed by atoms with Crippen molar-refractivity contribution in [3.8, 4) is 11.3 Å². The van der Waals surface area contributed by atoms with Gasteiger partial charge < -0.3 is 4.90 Å². The van der Waals surface area contributed by atoms with Gasteiger partial charge in [-0.1, -0.05) is 48.6 Å². The minimum absolute atomic E-state index is 0.666. The number of para-hydroxylation sites is 1. The van der Waals surface area contributed by atoms with Crippen LogP contribution in [0.1, 0.15) is 25.3 Å². The average Bonchev–Trinajstić information content (AvgIpc) is 2.99. The number of fused-ring (bicyclic) bond motifs is 1. The van der Waals surface area contributed by atoms with E-state index in [0.29, 0.717) is 5.92 Å². The lowest BCUT2D eigenvalue weighted by Gasteiger charge is -2.34. The summed E-state index contributed by atoms with van der Waals surface area (Å²) in [6.45, 7) is 10.6. The molecule has 134 valence electrons. The molecule has 2 aromatic carbocycles. The molecule has 3 heteroatoms. The molecular weight excluding hydrogens is 318 g/mol. The lowest BCUT2D eigenvalue weighted by Crippen LogP contribution is -2.34. The van der Waals surface area contributed by atoms with Crippen LogP contribution in [0.5, 0.6) is 0 Å². The van der Waals surface area contributed by atoms with Crippen LogP contribution in [-0.4, -0.2) is 22.9 Å². The lowest BCUT2D eigenvalue weighted by molar-refractivity contribution is 0.460. The SMILES string of the molecule is C=C(C)C1CCN(c2cccc3c(-c4ccccc4C)nn(C)c23)CC1. The molecule has 2 heterocycles. The van der Waals surface area contributed by atoms with Crippen LogP contribution >= 0.6 is 0 Å². The van der Waals surface area contributed by atoms with Crippen LogP contribution in [0, 0.1) is 12.8 Å². The second-order valence-electron chi connectivity index (χ2n) is 7.57. The highest BCUT2D eigenvalue weighted by atomic mass is 15.3. The molecule has 26 heavy (non-hydrogen) atoms. The van der Waals surface area contributed by atoms with Gasteiger partial charge in [0, 0.05) is 31.1 Å². The monoisotopic (exact) mass is 345 g/mol. The second-order valence-corrected chi connectivity index (χ2v) is 7.57. The summed E-state index contributed by atoms with van der Waals surface area (Å²) >= 11 is 0. The van der Waals surface area contributed by atoms with Gasteiger partial charge in [-0.15, -0.1) is 0 Å². The first kappa shape index (κ1) is 16.9. The van der Waals surface area contributed by atoms with Crippen molar-refractivity contribution in [3.05, 3.63) is 60.2 Å². The van der Waals surface area contributed by atoms with Crippen LogP contribution in [0.3, 0.4) is 0 Å². The fraction of sp³-hybridized carbons (Fsp3) is 0.348. The van der Waals surface area contributed by atoms with Crippen molar-refractivity contribution in [3.63, 3.8) is 0 Å². The highest BCUT2D eigenvalue weighted by Crippen LogP contribution is 2.36. The number of nitrogens with zero attached hydrogens (tertiary/aromatic N) is 3. The van der Waals surface area contributed by atoms with Gasteiger partial charge in [-0.3, -0.25) is 4.68 Å². The Labute approximate surface area is 155 Å². The third-order valence-electron chi connectivity index (χ3n) is 5.78. The van der Waals surface area contributed by atoms with Gasteiger partial charge in [-0.05, 0) is 44.2 Å². The maximum absolute atomic E-state index is 4.90. The smallest absolute Gasteiger partial charge is 0.100 e. The van der Waals surface area contributed by atoms with E-state index in [1.807, 2.05) is 0 Å². The summed E-state index contributed by atoms with van der Waals surface area (Å²) in [6, 6.07) is 15.1. The first-order chi connectivity index (χ1) is 12.6. The molecule has 0 spiro atoms. The Balaban J connectivity index is 1.77. The van der Waals surface area contributed by atoms with Crippen LogP contribution in [0.4, 0.5) is 5.69 Å².